The summed E-state index contributed by atoms with van der Waals surface area (Å²) >= 11 is 1.48. The molecule has 0 spiro atoms. The van der Waals surface area contributed by atoms with Gasteiger partial charge >= 0.3 is 5.97 Å². The first-order valence-corrected chi connectivity index (χ1v) is 11.3. The molecule has 1 N–H and O–H groups in total. The minimum Gasteiger partial charge on any atom is -0.493 e. The van der Waals surface area contributed by atoms with E-state index in [0.29, 0.717) is 26.1 Å². The zero-order valence-electron chi connectivity index (χ0n) is 17.6. The highest BCUT2D eigenvalue weighted by molar-refractivity contribution is 7.10. The molecule has 2 amide bonds. The lowest BCUT2D eigenvalue weighted by atomic mass is 9.96. The first-order chi connectivity index (χ1) is 15.1. The van der Waals surface area contributed by atoms with Crippen molar-refractivity contribution in [1.82, 2.24) is 10.2 Å². The van der Waals surface area contributed by atoms with E-state index in [0.717, 1.165) is 17.0 Å². The summed E-state index contributed by atoms with van der Waals surface area (Å²) in [7, 11) is 1.34. The highest BCUT2D eigenvalue weighted by atomic mass is 32.1. The van der Waals surface area contributed by atoms with E-state index in [4.69, 9.17) is 9.47 Å². The van der Waals surface area contributed by atoms with Gasteiger partial charge in [-0.25, -0.2) is 0 Å². The summed E-state index contributed by atoms with van der Waals surface area (Å²) in [6, 6.07) is 12.7. The summed E-state index contributed by atoms with van der Waals surface area (Å²) < 4.78 is 10.4. The van der Waals surface area contributed by atoms with Gasteiger partial charge in [-0.2, -0.15) is 0 Å². The number of para-hydroxylation sites is 1. The highest BCUT2D eigenvalue weighted by Crippen LogP contribution is 2.25. The Bertz CT molecular complexity index is 856. The van der Waals surface area contributed by atoms with Gasteiger partial charge in [-0.15, -0.1) is 11.3 Å². The maximum Gasteiger partial charge on any atom is 0.307 e. The first kappa shape index (κ1) is 22.8. The number of ether oxygens (including phenoxy) is 2. The fourth-order valence-electron chi connectivity index (χ4n) is 3.60. The molecule has 1 aliphatic heterocycles. The lowest BCUT2D eigenvalue weighted by Gasteiger charge is -2.33. The second kappa shape index (κ2) is 11.5. The number of likely N-dealkylation sites (tertiary alicyclic amines) is 1. The van der Waals surface area contributed by atoms with Crippen LogP contribution >= 0.6 is 11.3 Å². The van der Waals surface area contributed by atoms with Crippen molar-refractivity contribution in [3.05, 3.63) is 52.7 Å². The maximum absolute atomic E-state index is 12.9. The maximum atomic E-state index is 12.9. The van der Waals surface area contributed by atoms with Crippen molar-refractivity contribution in [2.45, 2.75) is 31.7 Å². The number of amides is 2. The smallest absolute Gasteiger partial charge is 0.307 e. The summed E-state index contributed by atoms with van der Waals surface area (Å²) in [5.41, 5.74) is 0. The lowest BCUT2D eigenvalue weighted by molar-refractivity contribution is -0.141. The molecule has 1 fully saturated rings. The summed E-state index contributed by atoms with van der Waals surface area (Å²) in [5, 5.41) is 4.89. The number of nitrogens with zero attached hydrogens (tertiary/aromatic N) is 1. The van der Waals surface area contributed by atoms with E-state index in [9.17, 15) is 14.4 Å². The van der Waals surface area contributed by atoms with E-state index in [-0.39, 0.29) is 36.5 Å². The monoisotopic (exact) mass is 444 g/mol. The van der Waals surface area contributed by atoms with Crippen LogP contribution in [0.3, 0.4) is 0 Å². The lowest BCUT2D eigenvalue weighted by Crippen LogP contribution is -2.46. The molecule has 7 nitrogen and oxygen atoms in total. The van der Waals surface area contributed by atoms with E-state index < -0.39 is 6.04 Å². The quantitative estimate of drug-likeness (QED) is 0.601. The summed E-state index contributed by atoms with van der Waals surface area (Å²) in [6.07, 6.45) is 1.83. The Balaban J connectivity index is 1.51. The van der Waals surface area contributed by atoms with Crippen LogP contribution in [0.2, 0.25) is 0 Å². The largest absolute Gasteiger partial charge is 0.493 e. The Morgan fingerprint density at radius 2 is 2.00 bits per heavy atom. The average molecular weight is 445 g/mol. The van der Waals surface area contributed by atoms with Gasteiger partial charge < -0.3 is 19.7 Å². The fourth-order valence-corrected chi connectivity index (χ4v) is 4.38. The van der Waals surface area contributed by atoms with Crippen LogP contribution in [-0.4, -0.2) is 49.5 Å². The van der Waals surface area contributed by atoms with Crippen molar-refractivity contribution in [1.29, 1.82) is 0 Å². The van der Waals surface area contributed by atoms with Gasteiger partial charge in [-0.3, -0.25) is 14.4 Å². The van der Waals surface area contributed by atoms with Crippen LogP contribution in [0.25, 0.3) is 0 Å². The standard InChI is InChI=1S/C23H28N2O5S/c1-29-22(27)15-19(20-10-6-14-31-20)24-23(28)17-7-5-12-25(16-17)21(26)11-13-30-18-8-3-2-4-9-18/h2-4,6,8-10,14,17,19H,5,7,11-13,15-16H2,1H3,(H,24,28). The molecule has 1 saturated heterocycles. The molecule has 2 heterocycles. The van der Waals surface area contributed by atoms with Crippen LogP contribution in [0.15, 0.2) is 47.8 Å². The molecular weight excluding hydrogens is 416 g/mol. The molecule has 1 aromatic heterocycles. The number of benzene rings is 1. The van der Waals surface area contributed by atoms with Gasteiger partial charge in [0.1, 0.15) is 5.75 Å². The molecule has 166 valence electrons. The van der Waals surface area contributed by atoms with Crippen molar-refractivity contribution in [3.63, 3.8) is 0 Å². The number of nitrogens with one attached hydrogen (secondary N) is 1. The zero-order chi connectivity index (χ0) is 22.1. The van der Waals surface area contributed by atoms with Gasteiger partial charge in [0.2, 0.25) is 11.8 Å². The fraction of sp³-hybridized carbons (Fsp3) is 0.435. The van der Waals surface area contributed by atoms with Crippen LogP contribution in [0.4, 0.5) is 0 Å². The molecule has 0 aliphatic carbocycles. The Labute approximate surface area is 186 Å². The van der Waals surface area contributed by atoms with E-state index in [1.165, 1.54) is 18.4 Å². The first-order valence-electron chi connectivity index (χ1n) is 10.4. The second-order valence-corrected chi connectivity index (χ2v) is 8.43. The number of rotatable bonds is 9. The summed E-state index contributed by atoms with van der Waals surface area (Å²) in [6.45, 7) is 1.33. The Kier molecular flexibility index (Phi) is 8.46. The number of carbonyl (C=O) groups excluding carboxylic acids is 3. The number of carbonyl (C=O) groups is 3. The Morgan fingerprint density at radius 3 is 2.71 bits per heavy atom. The number of thiophene rings is 1. The van der Waals surface area contributed by atoms with Crippen molar-refractivity contribution in [3.8, 4) is 5.75 Å². The third kappa shape index (κ3) is 6.82. The van der Waals surface area contributed by atoms with Gasteiger partial charge in [0.25, 0.3) is 0 Å². The molecule has 1 aliphatic rings. The van der Waals surface area contributed by atoms with Gasteiger partial charge in [0, 0.05) is 18.0 Å². The number of hydrogen-bond acceptors (Lipinski definition) is 6. The molecule has 2 atom stereocenters. The molecule has 0 bridgehead atoms. The van der Waals surface area contributed by atoms with Crippen LogP contribution < -0.4 is 10.1 Å². The van der Waals surface area contributed by atoms with Crippen LogP contribution in [-0.2, 0) is 19.1 Å². The normalized spacial score (nSPS) is 16.9. The Hall–Kier alpha value is -2.87. The molecule has 31 heavy (non-hydrogen) atoms. The second-order valence-electron chi connectivity index (χ2n) is 7.45. The molecule has 0 saturated carbocycles. The third-order valence-corrected chi connectivity index (χ3v) is 6.26. The van der Waals surface area contributed by atoms with Crippen molar-refractivity contribution in [2.24, 2.45) is 5.92 Å². The third-order valence-electron chi connectivity index (χ3n) is 5.27. The molecule has 3 rings (SSSR count). The van der Waals surface area contributed by atoms with Gasteiger partial charge in [0.05, 0.1) is 38.5 Å². The molecule has 2 aromatic rings. The van der Waals surface area contributed by atoms with E-state index in [1.807, 2.05) is 47.8 Å². The zero-order valence-corrected chi connectivity index (χ0v) is 18.4. The summed E-state index contributed by atoms with van der Waals surface area (Å²) in [5.74, 6) is -0.0972. The van der Waals surface area contributed by atoms with Gasteiger partial charge in [0.15, 0.2) is 0 Å². The SMILES string of the molecule is COC(=O)CC(NC(=O)C1CCCN(C(=O)CCOc2ccccc2)C1)c1cccs1. The van der Waals surface area contributed by atoms with E-state index >= 15 is 0 Å². The van der Waals surface area contributed by atoms with Crippen molar-refractivity contribution in [2.75, 3.05) is 26.8 Å². The van der Waals surface area contributed by atoms with Crippen LogP contribution in [0.5, 0.6) is 5.75 Å². The minimum absolute atomic E-state index is 0.0159. The van der Waals surface area contributed by atoms with Crippen molar-refractivity contribution >= 4 is 29.1 Å². The van der Waals surface area contributed by atoms with Crippen LogP contribution in [0, 0.1) is 5.92 Å². The van der Waals surface area contributed by atoms with E-state index in [1.54, 1.807) is 4.90 Å². The molecule has 2 unspecified atom stereocenters. The highest BCUT2D eigenvalue weighted by Gasteiger charge is 2.30. The average Bonchev–Trinajstić information content (AvgIpc) is 3.34. The predicted octanol–water partition coefficient (Wildman–Crippen LogP) is 3.18. The minimum atomic E-state index is -0.426. The molecular formula is C23H28N2O5S. The van der Waals surface area contributed by atoms with Crippen LogP contribution in [0.1, 0.15) is 36.6 Å². The van der Waals surface area contributed by atoms with E-state index in [2.05, 4.69) is 5.32 Å². The topological polar surface area (TPSA) is 84.9 Å². The molecule has 8 heteroatoms. The van der Waals surface area contributed by atoms with Crippen molar-refractivity contribution < 1.29 is 23.9 Å². The number of piperidine rings is 1. The Morgan fingerprint density at radius 1 is 1.19 bits per heavy atom. The van der Waals surface area contributed by atoms with Gasteiger partial charge in [-0.05, 0) is 36.4 Å². The number of esters is 1. The molecule has 0 radical (unpaired) electrons. The number of methoxy groups -OCH3 is 1. The molecule has 1 aromatic carbocycles. The predicted molar refractivity (Wildman–Crippen MR) is 118 cm³/mol. The van der Waals surface area contributed by atoms with Gasteiger partial charge in [-0.1, -0.05) is 24.3 Å². The number of hydrogen-bond donors (Lipinski definition) is 1. The summed E-state index contributed by atoms with van der Waals surface area (Å²) in [4.78, 5) is 40.0.